The summed E-state index contributed by atoms with van der Waals surface area (Å²) in [6, 6.07) is 9.03. The van der Waals surface area contributed by atoms with E-state index in [0.29, 0.717) is 18.3 Å². The Labute approximate surface area is 206 Å². The third-order valence-corrected chi connectivity index (χ3v) is 6.60. The molecule has 1 fully saturated rings. The number of hydrogen-bond acceptors (Lipinski definition) is 4. The first kappa shape index (κ1) is 27.0. The van der Waals surface area contributed by atoms with Gasteiger partial charge < -0.3 is 10.0 Å². The molecule has 1 aromatic carbocycles. The maximum Gasteiger partial charge on any atom is 0.417 e. The van der Waals surface area contributed by atoms with Crippen LogP contribution in [0.3, 0.4) is 0 Å². The summed E-state index contributed by atoms with van der Waals surface area (Å²) in [6.45, 7) is 13.2. The van der Waals surface area contributed by atoms with Crippen LogP contribution in [-0.2, 0) is 22.9 Å². The van der Waals surface area contributed by atoms with Gasteiger partial charge in [0.05, 0.1) is 12.0 Å². The molecular weight excluding hydrogens is 455 g/mol. The largest absolute Gasteiger partial charge is 0.481 e. The van der Waals surface area contributed by atoms with Crippen LogP contribution in [0.2, 0.25) is 0 Å². The minimum Gasteiger partial charge on any atom is -0.481 e. The van der Waals surface area contributed by atoms with E-state index in [1.54, 1.807) is 0 Å². The van der Waals surface area contributed by atoms with Crippen LogP contribution < -0.4 is 4.90 Å². The molecule has 0 saturated carbocycles. The molecule has 0 spiro atoms. The molecule has 0 amide bonds. The quantitative estimate of drug-likeness (QED) is 0.498. The number of carboxylic acids is 1. The SMILES string of the molecule is Cc1cc(CN2CCN(c3ccc(C(F)(F)F)cn3)[C@H](CC(C)C)C2)cc(C(C)(C)CC(=O)O)c1. The Bertz CT molecular complexity index is 1020. The second-order valence-electron chi connectivity index (χ2n) is 10.8. The molecule has 35 heavy (non-hydrogen) atoms. The number of aryl methyl sites for hydroxylation is 1. The highest BCUT2D eigenvalue weighted by molar-refractivity contribution is 5.69. The van der Waals surface area contributed by atoms with Crippen LogP contribution in [0.5, 0.6) is 0 Å². The molecule has 0 unspecified atom stereocenters. The van der Waals surface area contributed by atoms with Crippen LogP contribution in [0.4, 0.5) is 19.0 Å². The summed E-state index contributed by atoms with van der Waals surface area (Å²) in [6.07, 6.45) is -2.51. The zero-order valence-corrected chi connectivity index (χ0v) is 21.2. The summed E-state index contributed by atoms with van der Waals surface area (Å²) < 4.78 is 38.9. The second-order valence-corrected chi connectivity index (χ2v) is 10.8. The van der Waals surface area contributed by atoms with Crippen LogP contribution >= 0.6 is 0 Å². The van der Waals surface area contributed by atoms with E-state index in [4.69, 9.17) is 0 Å². The monoisotopic (exact) mass is 491 g/mol. The lowest BCUT2D eigenvalue weighted by molar-refractivity contribution is -0.139. The average Bonchev–Trinajstić information content (AvgIpc) is 2.72. The van der Waals surface area contributed by atoms with Gasteiger partial charge >= 0.3 is 12.1 Å². The number of carboxylic acid groups (broad SMARTS) is 1. The number of aromatic nitrogens is 1. The van der Waals surface area contributed by atoms with Crippen molar-refractivity contribution in [2.45, 2.75) is 71.6 Å². The predicted molar refractivity (Wildman–Crippen MR) is 132 cm³/mol. The topological polar surface area (TPSA) is 56.7 Å². The molecule has 1 aliphatic rings. The first-order valence-electron chi connectivity index (χ1n) is 12.1. The highest BCUT2D eigenvalue weighted by Crippen LogP contribution is 2.32. The maximum atomic E-state index is 13.0. The number of pyridine rings is 1. The molecule has 5 nitrogen and oxygen atoms in total. The molecular formula is C27H36F3N3O2. The summed E-state index contributed by atoms with van der Waals surface area (Å²) in [5.41, 5.74) is 2.05. The van der Waals surface area contributed by atoms with Crippen LogP contribution in [0.25, 0.3) is 0 Å². The number of aliphatic carboxylic acids is 1. The number of rotatable bonds is 8. The van der Waals surface area contributed by atoms with Gasteiger partial charge in [-0.2, -0.15) is 13.2 Å². The normalized spacial score (nSPS) is 17.7. The number of anilines is 1. The smallest absolute Gasteiger partial charge is 0.417 e. The van der Waals surface area contributed by atoms with Gasteiger partial charge in [-0.3, -0.25) is 9.69 Å². The highest BCUT2D eigenvalue weighted by Gasteiger charge is 2.33. The number of benzene rings is 1. The fourth-order valence-corrected chi connectivity index (χ4v) is 4.92. The zero-order valence-electron chi connectivity index (χ0n) is 21.2. The van der Waals surface area contributed by atoms with Crippen molar-refractivity contribution in [1.82, 2.24) is 9.88 Å². The first-order valence-corrected chi connectivity index (χ1v) is 12.1. The number of piperazine rings is 1. The van der Waals surface area contributed by atoms with E-state index in [2.05, 4.69) is 46.8 Å². The predicted octanol–water partition coefficient (Wildman–Crippen LogP) is 5.90. The fourth-order valence-electron chi connectivity index (χ4n) is 4.92. The molecule has 2 aromatic rings. The third kappa shape index (κ3) is 7.19. The Morgan fingerprint density at radius 1 is 1.14 bits per heavy atom. The third-order valence-electron chi connectivity index (χ3n) is 6.60. The Hall–Kier alpha value is -2.61. The number of halogens is 3. The number of carbonyl (C=O) groups is 1. The number of hydrogen-bond donors (Lipinski definition) is 1. The molecule has 1 N–H and O–H groups in total. The average molecular weight is 492 g/mol. The van der Waals surface area contributed by atoms with Gasteiger partial charge in [0.2, 0.25) is 0 Å². The summed E-state index contributed by atoms with van der Waals surface area (Å²) in [5.74, 6) is 0.193. The van der Waals surface area contributed by atoms with Crippen LogP contribution in [0, 0.1) is 12.8 Å². The molecule has 1 aliphatic heterocycles. The summed E-state index contributed by atoms with van der Waals surface area (Å²) >= 11 is 0. The summed E-state index contributed by atoms with van der Waals surface area (Å²) in [5, 5.41) is 9.31. The standard InChI is InChI=1S/C27H36F3N3O2/c1-18(2)10-23-17-32(8-9-33(23)24-7-6-21(15-31-24)27(28,29)30)16-20-11-19(3)12-22(13-20)26(4,5)14-25(34)35/h6-7,11-13,15,18,23H,8-10,14,16-17H2,1-5H3,(H,34,35)/t23-/m1/s1. The lowest BCUT2D eigenvalue weighted by Crippen LogP contribution is -2.53. The molecule has 0 bridgehead atoms. The summed E-state index contributed by atoms with van der Waals surface area (Å²) in [7, 11) is 0. The second kappa shape index (κ2) is 10.6. The van der Waals surface area contributed by atoms with E-state index >= 15 is 0 Å². The van der Waals surface area contributed by atoms with Crippen molar-refractivity contribution in [3.63, 3.8) is 0 Å². The fraction of sp³-hybridized carbons (Fsp3) is 0.556. The van der Waals surface area contributed by atoms with E-state index in [1.165, 1.54) is 6.07 Å². The van der Waals surface area contributed by atoms with Crippen LogP contribution in [0.1, 0.15) is 62.8 Å². The minimum absolute atomic E-state index is 0.0607. The Kier molecular flexibility index (Phi) is 8.14. The van der Waals surface area contributed by atoms with Gasteiger partial charge in [0.15, 0.2) is 0 Å². The highest BCUT2D eigenvalue weighted by atomic mass is 19.4. The van der Waals surface area contributed by atoms with Crippen molar-refractivity contribution in [2.24, 2.45) is 5.92 Å². The molecule has 8 heteroatoms. The molecule has 0 aliphatic carbocycles. The van der Waals surface area contributed by atoms with Gasteiger partial charge in [-0.25, -0.2) is 4.98 Å². The van der Waals surface area contributed by atoms with E-state index in [-0.39, 0.29) is 12.5 Å². The lowest BCUT2D eigenvalue weighted by Gasteiger charge is -2.43. The number of nitrogens with zero attached hydrogens (tertiary/aromatic N) is 3. The van der Waals surface area contributed by atoms with Crippen molar-refractivity contribution in [1.29, 1.82) is 0 Å². The van der Waals surface area contributed by atoms with E-state index in [1.807, 2.05) is 20.8 Å². The van der Waals surface area contributed by atoms with Crippen molar-refractivity contribution in [3.8, 4) is 0 Å². The molecule has 192 valence electrons. The molecule has 2 heterocycles. The van der Waals surface area contributed by atoms with Crippen LogP contribution in [-0.4, -0.2) is 46.6 Å². The Balaban J connectivity index is 1.77. The minimum atomic E-state index is -4.40. The Morgan fingerprint density at radius 2 is 1.86 bits per heavy atom. The van der Waals surface area contributed by atoms with Crippen molar-refractivity contribution in [3.05, 3.63) is 58.8 Å². The van der Waals surface area contributed by atoms with Gasteiger partial charge in [-0.1, -0.05) is 51.5 Å². The molecule has 1 atom stereocenters. The zero-order chi connectivity index (χ0) is 26.0. The first-order chi connectivity index (χ1) is 16.2. The lowest BCUT2D eigenvalue weighted by atomic mass is 9.80. The summed E-state index contributed by atoms with van der Waals surface area (Å²) in [4.78, 5) is 20.0. The van der Waals surface area contributed by atoms with Crippen LogP contribution in [0.15, 0.2) is 36.5 Å². The van der Waals surface area contributed by atoms with Gasteiger partial charge in [-0.05, 0) is 42.5 Å². The molecule has 1 aromatic heterocycles. The van der Waals surface area contributed by atoms with Crippen molar-refractivity contribution in [2.75, 3.05) is 24.5 Å². The van der Waals surface area contributed by atoms with Gasteiger partial charge in [-0.15, -0.1) is 0 Å². The van der Waals surface area contributed by atoms with Gasteiger partial charge in [0, 0.05) is 43.8 Å². The molecule has 1 saturated heterocycles. The van der Waals surface area contributed by atoms with E-state index < -0.39 is 23.1 Å². The molecule has 3 rings (SSSR count). The van der Waals surface area contributed by atoms with E-state index in [0.717, 1.165) is 55.0 Å². The Morgan fingerprint density at radius 3 is 2.43 bits per heavy atom. The van der Waals surface area contributed by atoms with E-state index in [9.17, 15) is 23.1 Å². The van der Waals surface area contributed by atoms with Crippen molar-refractivity contribution < 1.29 is 23.1 Å². The molecule has 0 radical (unpaired) electrons. The van der Waals surface area contributed by atoms with Gasteiger partial charge in [0.1, 0.15) is 5.82 Å². The maximum absolute atomic E-state index is 13.0. The van der Waals surface area contributed by atoms with Gasteiger partial charge in [0.25, 0.3) is 0 Å². The van der Waals surface area contributed by atoms with Crippen molar-refractivity contribution >= 4 is 11.8 Å². The number of alkyl halides is 3.